The van der Waals surface area contributed by atoms with E-state index in [2.05, 4.69) is 57.9 Å². The molecule has 0 spiro atoms. The van der Waals surface area contributed by atoms with E-state index in [1.165, 1.54) is 10.9 Å². The Labute approximate surface area is 170 Å². The third kappa shape index (κ3) is 2.82. The Morgan fingerprint density at radius 3 is 2.81 bits per heavy atom. The third-order valence-corrected chi connectivity index (χ3v) is 5.78. The number of aromatic nitrogens is 1. The summed E-state index contributed by atoms with van der Waals surface area (Å²) < 4.78 is 11.7. The second-order valence-electron chi connectivity index (χ2n) is 6.96. The zero-order chi connectivity index (χ0) is 18.4. The quantitative estimate of drug-likeness (QED) is 0.464. The van der Waals surface area contributed by atoms with E-state index in [1.54, 1.807) is 0 Å². The number of carbonyl (C=O) groups is 1. The number of alkyl halides is 1. The van der Waals surface area contributed by atoms with Crippen LogP contribution in [0.25, 0.3) is 10.9 Å². The number of aromatic amines is 1. The van der Waals surface area contributed by atoms with Crippen LogP contribution in [0.5, 0.6) is 5.75 Å². The lowest BCUT2D eigenvalue weighted by Gasteiger charge is -2.44. The SMILES string of the molecule is O=C1COC[C@@H]2Cc3c([nH]c4ccccc34)[C@H](c3ccc(OCI)cc3)N12. The zero-order valence-electron chi connectivity index (χ0n) is 14.7. The number of morpholine rings is 1. The first kappa shape index (κ1) is 17.1. The van der Waals surface area contributed by atoms with Crippen LogP contribution >= 0.6 is 22.6 Å². The highest BCUT2D eigenvalue weighted by Gasteiger charge is 2.42. The summed E-state index contributed by atoms with van der Waals surface area (Å²) in [7, 11) is 0. The van der Waals surface area contributed by atoms with Crippen molar-refractivity contribution in [1.29, 1.82) is 0 Å². The number of amides is 1. The number of nitrogens with zero attached hydrogens (tertiary/aromatic N) is 1. The zero-order valence-corrected chi connectivity index (χ0v) is 16.8. The van der Waals surface area contributed by atoms with Gasteiger partial charge in [-0.25, -0.2) is 0 Å². The van der Waals surface area contributed by atoms with E-state index in [4.69, 9.17) is 9.47 Å². The van der Waals surface area contributed by atoms with Crippen LogP contribution in [0.2, 0.25) is 0 Å². The van der Waals surface area contributed by atoms with Gasteiger partial charge in [0, 0.05) is 16.6 Å². The lowest BCUT2D eigenvalue weighted by atomic mass is 9.87. The normalized spacial score (nSPS) is 21.8. The van der Waals surface area contributed by atoms with Gasteiger partial charge < -0.3 is 19.4 Å². The molecule has 1 fully saturated rings. The minimum absolute atomic E-state index is 0.0492. The van der Waals surface area contributed by atoms with E-state index < -0.39 is 0 Å². The summed E-state index contributed by atoms with van der Waals surface area (Å²) in [4.78, 5) is 18.4. The molecule has 1 saturated heterocycles. The maximum Gasteiger partial charge on any atom is 0.249 e. The molecular weight excluding hydrogens is 455 g/mol. The highest BCUT2D eigenvalue weighted by Crippen LogP contribution is 2.42. The Balaban J connectivity index is 1.67. The molecule has 2 atom stereocenters. The van der Waals surface area contributed by atoms with E-state index in [0.29, 0.717) is 11.2 Å². The fourth-order valence-corrected chi connectivity index (χ4v) is 4.70. The lowest BCUT2D eigenvalue weighted by molar-refractivity contribution is -0.151. The van der Waals surface area contributed by atoms with Crippen molar-refractivity contribution in [2.24, 2.45) is 0 Å². The van der Waals surface area contributed by atoms with E-state index in [-0.39, 0.29) is 24.6 Å². The highest BCUT2D eigenvalue weighted by atomic mass is 127. The van der Waals surface area contributed by atoms with Crippen molar-refractivity contribution in [3.05, 3.63) is 65.4 Å². The summed E-state index contributed by atoms with van der Waals surface area (Å²) in [6, 6.07) is 16.4. The van der Waals surface area contributed by atoms with Gasteiger partial charge in [0.15, 0.2) is 0 Å². The fraction of sp³-hybridized carbons (Fsp3) is 0.286. The van der Waals surface area contributed by atoms with Gasteiger partial charge in [0.1, 0.15) is 17.0 Å². The molecule has 5 rings (SSSR count). The molecular formula is C21H19IN2O3. The predicted molar refractivity (Wildman–Crippen MR) is 111 cm³/mol. The number of ether oxygens (including phenoxy) is 2. The maximum absolute atomic E-state index is 12.8. The van der Waals surface area contributed by atoms with Crippen LogP contribution in [0.1, 0.15) is 22.9 Å². The van der Waals surface area contributed by atoms with E-state index in [9.17, 15) is 4.79 Å². The van der Waals surface area contributed by atoms with E-state index in [0.717, 1.165) is 28.9 Å². The molecule has 1 N–H and O–H groups in total. The Hall–Kier alpha value is -2.06. The van der Waals surface area contributed by atoms with Crippen LogP contribution in [0, 0.1) is 0 Å². The molecule has 138 valence electrons. The molecule has 3 aromatic rings. The second kappa shape index (κ2) is 6.83. The van der Waals surface area contributed by atoms with Crippen molar-refractivity contribution in [3.8, 4) is 5.75 Å². The standard InChI is InChI=1S/C21H19IN2O3/c22-12-27-15-7-5-13(6-8-15)21-20-17(16-3-1-2-4-18(16)23-20)9-14-10-26-11-19(25)24(14)21/h1-8,14,21,23H,9-12H2/t14-,21-/m0/s1. The Morgan fingerprint density at radius 2 is 2.00 bits per heavy atom. The van der Waals surface area contributed by atoms with E-state index in [1.807, 2.05) is 23.1 Å². The molecule has 6 heteroatoms. The van der Waals surface area contributed by atoms with Crippen LogP contribution in [0.3, 0.4) is 0 Å². The molecule has 0 bridgehead atoms. The van der Waals surface area contributed by atoms with Gasteiger partial charge in [-0.15, -0.1) is 0 Å². The molecule has 0 saturated carbocycles. The fourth-order valence-electron chi connectivity index (χ4n) is 4.34. The average Bonchev–Trinajstić information content (AvgIpc) is 3.06. The predicted octanol–water partition coefficient (Wildman–Crippen LogP) is 3.81. The molecule has 5 nitrogen and oxygen atoms in total. The van der Waals surface area contributed by atoms with Gasteiger partial charge in [0.05, 0.1) is 18.7 Å². The summed E-state index contributed by atoms with van der Waals surface area (Å²) in [6.07, 6.45) is 0.817. The van der Waals surface area contributed by atoms with Gasteiger partial charge in [0.25, 0.3) is 0 Å². The molecule has 1 amide bonds. The molecule has 0 aliphatic carbocycles. The second-order valence-corrected chi connectivity index (χ2v) is 7.58. The number of nitrogens with one attached hydrogen (secondary N) is 1. The van der Waals surface area contributed by atoms with Crippen LogP contribution in [0.15, 0.2) is 48.5 Å². The molecule has 0 radical (unpaired) electrons. The number of H-pyrrole nitrogens is 1. The van der Waals surface area contributed by atoms with Crippen LogP contribution < -0.4 is 4.74 Å². The van der Waals surface area contributed by atoms with Crippen molar-refractivity contribution >= 4 is 39.4 Å². The first-order valence-electron chi connectivity index (χ1n) is 9.03. The van der Waals surface area contributed by atoms with Gasteiger partial charge in [-0.3, -0.25) is 4.79 Å². The Morgan fingerprint density at radius 1 is 1.19 bits per heavy atom. The summed E-state index contributed by atoms with van der Waals surface area (Å²) >= 11 is 2.18. The number of halogens is 1. The van der Waals surface area contributed by atoms with Gasteiger partial charge in [-0.05, 0) is 58.3 Å². The number of para-hydroxylation sites is 1. The van der Waals surface area contributed by atoms with Crippen molar-refractivity contribution in [2.75, 3.05) is 17.8 Å². The molecule has 2 aliphatic heterocycles. The monoisotopic (exact) mass is 474 g/mol. The summed E-state index contributed by atoms with van der Waals surface area (Å²) in [5, 5.41) is 1.24. The average molecular weight is 474 g/mol. The van der Waals surface area contributed by atoms with Crippen LogP contribution in [0.4, 0.5) is 0 Å². The molecule has 3 heterocycles. The number of hydrogen-bond acceptors (Lipinski definition) is 3. The van der Waals surface area contributed by atoms with Crippen LogP contribution in [-0.4, -0.2) is 39.7 Å². The number of carbonyl (C=O) groups excluding carboxylic acids is 1. The molecule has 0 unspecified atom stereocenters. The minimum atomic E-state index is -0.129. The largest absolute Gasteiger partial charge is 0.483 e. The molecule has 1 aromatic heterocycles. The van der Waals surface area contributed by atoms with Crippen molar-refractivity contribution in [3.63, 3.8) is 0 Å². The highest BCUT2D eigenvalue weighted by molar-refractivity contribution is 14.1. The van der Waals surface area contributed by atoms with Crippen molar-refractivity contribution in [2.45, 2.75) is 18.5 Å². The third-order valence-electron chi connectivity index (χ3n) is 5.47. The summed E-state index contributed by atoms with van der Waals surface area (Å²) in [5.74, 6) is 0.888. The van der Waals surface area contributed by atoms with Crippen LogP contribution in [-0.2, 0) is 16.0 Å². The first-order chi connectivity index (χ1) is 13.3. The topological polar surface area (TPSA) is 54.6 Å². The van der Waals surface area contributed by atoms with Crippen molar-refractivity contribution in [1.82, 2.24) is 9.88 Å². The number of fused-ring (bicyclic) bond motifs is 4. The molecule has 2 aromatic carbocycles. The lowest BCUT2D eigenvalue weighted by Crippen LogP contribution is -2.54. The smallest absolute Gasteiger partial charge is 0.249 e. The Bertz CT molecular complexity index is 998. The molecule has 27 heavy (non-hydrogen) atoms. The van der Waals surface area contributed by atoms with Gasteiger partial charge in [0.2, 0.25) is 5.91 Å². The summed E-state index contributed by atoms with van der Waals surface area (Å²) in [6.45, 7) is 0.732. The maximum atomic E-state index is 12.8. The first-order valence-corrected chi connectivity index (χ1v) is 10.6. The summed E-state index contributed by atoms with van der Waals surface area (Å²) in [5.41, 5.74) is 4.61. The van der Waals surface area contributed by atoms with Crippen molar-refractivity contribution < 1.29 is 14.3 Å². The number of rotatable bonds is 3. The van der Waals surface area contributed by atoms with E-state index >= 15 is 0 Å². The van der Waals surface area contributed by atoms with Gasteiger partial charge in [-0.2, -0.15) is 0 Å². The number of benzene rings is 2. The minimum Gasteiger partial charge on any atom is -0.483 e. The molecule has 2 aliphatic rings. The van der Waals surface area contributed by atoms with Gasteiger partial charge >= 0.3 is 0 Å². The Kier molecular flexibility index (Phi) is 4.32. The van der Waals surface area contributed by atoms with Gasteiger partial charge in [-0.1, -0.05) is 30.3 Å². The number of hydrogen-bond donors (Lipinski definition) is 1.